The third kappa shape index (κ3) is 5.60. The highest BCUT2D eigenvalue weighted by Gasteiger charge is 2.46. The fraction of sp³-hybridized carbons (Fsp3) is 0.588. The molecule has 1 unspecified atom stereocenters. The zero-order valence-electron chi connectivity index (χ0n) is 15.0. The molecule has 1 aliphatic carbocycles. The molecular formula is C17H28Cl3FN4O. The van der Waals surface area contributed by atoms with Crippen molar-refractivity contribution in [2.24, 2.45) is 5.73 Å². The summed E-state index contributed by atoms with van der Waals surface area (Å²) in [5.41, 5.74) is 7.03. The fourth-order valence-corrected chi connectivity index (χ4v) is 2.99. The third-order valence-electron chi connectivity index (χ3n) is 4.89. The topological polar surface area (TPSA) is 61.6 Å². The van der Waals surface area contributed by atoms with Crippen LogP contribution in [0.25, 0.3) is 0 Å². The van der Waals surface area contributed by atoms with Crippen molar-refractivity contribution in [3.8, 4) is 0 Å². The van der Waals surface area contributed by atoms with Crippen molar-refractivity contribution in [2.45, 2.75) is 31.3 Å². The highest BCUT2D eigenvalue weighted by molar-refractivity contribution is 5.89. The van der Waals surface area contributed by atoms with E-state index in [9.17, 15) is 9.18 Å². The van der Waals surface area contributed by atoms with Gasteiger partial charge in [0, 0.05) is 37.4 Å². The minimum atomic E-state index is -0.713. The molecule has 2 aliphatic rings. The van der Waals surface area contributed by atoms with Gasteiger partial charge in [-0.05, 0) is 45.0 Å². The second-order valence-electron chi connectivity index (χ2n) is 6.84. The van der Waals surface area contributed by atoms with Gasteiger partial charge >= 0.3 is 0 Å². The van der Waals surface area contributed by atoms with Crippen molar-refractivity contribution in [3.63, 3.8) is 0 Å². The SMILES string of the molecule is CC(NC(=O)C1(N)CC1)c1cc(F)ccc1N1CCN(C)CC1.Cl.Cl.Cl. The number of likely N-dealkylation sites (N-methyl/N-ethyl adjacent to an activating group) is 1. The van der Waals surface area contributed by atoms with Gasteiger partial charge in [0.05, 0.1) is 11.6 Å². The van der Waals surface area contributed by atoms with E-state index in [2.05, 4.69) is 22.2 Å². The average molecular weight is 430 g/mol. The highest BCUT2D eigenvalue weighted by atomic mass is 35.5. The second-order valence-corrected chi connectivity index (χ2v) is 6.84. The minimum absolute atomic E-state index is 0. The van der Waals surface area contributed by atoms with Crippen LogP contribution in [0.3, 0.4) is 0 Å². The van der Waals surface area contributed by atoms with Gasteiger partial charge in [-0.2, -0.15) is 0 Å². The lowest BCUT2D eigenvalue weighted by Gasteiger charge is -2.36. The van der Waals surface area contributed by atoms with Crippen LogP contribution in [0.15, 0.2) is 18.2 Å². The Morgan fingerprint density at radius 2 is 1.77 bits per heavy atom. The molecule has 1 amide bonds. The van der Waals surface area contributed by atoms with Gasteiger partial charge in [0.1, 0.15) is 5.82 Å². The zero-order valence-corrected chi connectivity index (χ0v) is 17.5. The summed E-state index contributed by atoms with van der Waals surface area (Å²) in [6.45, 7) is 5.64. The van der Waals surface area contributed by atoms with E-state index in [-0.39, 0.29) is 55.0 Å². The smallest absolute Gasteiger partial charge is 0.240 e. The highest BCUT2D eigenvalue weighted by Crippen LogP contribution is 2.34. The standard InChI is InChI=1S/C17H25FN4O.3ClH/c1-12(20-16(23)17(19)5-6-17)14-11-13(18)3-4-15(14)22-9-7-21(2)8-10-22;;;/h3-4,11-12H,5-10,19H2,1-2H3,(H,20,23);3*1H. The van der Waals surface area contributed by atoms with E-state index in [1.54, 1.807) is 0 Å². The molecule has 1 aromatic carbocycles. The molecular weight excluding hydrogens is 402 g/mol. The number of hydrogen-bond donors (Lipinski definition) is 2. The van der Waals surface area contributed by atoms with Crippen molar-refractivity contribution < 1.29 is 9.18 Å². The molecule has 0 spiro atoms. The van der Waals surface area contributed by atoms with E-state index in [0.29, 0.717) is 0 Å². The molecule has 1 atom stereocenters. The first-order valence-electron chi connectivity index (χ1n) is 8.22. The lowest BCUT2D eigenvalue weighted by molar-refractivity contribution is -0.123. The Morgan fingerprint density at radius 1 is 1.19 bits per heavy atom. The number of carbonyl (C=O) groups excluding carboxylic acids is 1. The van der Waals surface area contributed by atoms with Crippen LogP contribution in [0.4, 0.5) is 10.1 Å². The molecule has 1 saturated heterocycles. The molecule has 1 saturated carbocycles. The predicted molar refractivity (Wildman–Crippen MR) is 111 cm³/mol. The molecule has 5 nitrogen and oxygen atoms in total. The minimum Gasteiger partial charge on any atom is -0.369 e. The van der Waals surface area contributed by atoms with E-state index in [1.807, 2.05) is 13.0 Å². The van der Waals surface area contributed by atoms with Crippen LogP contribution < -0.4 is 16.0 Å². The third-order valence-corrected chi connectivity index (χ3v) is 4.89. The maximum Gasteiger partial charge on any atom is 0.240 e. The van der Waals surface area contributed by atoms with Crippen LogP contribution in [0.2, 0.25) is 0 Å². The maximum atomic E-state index is 13.8. The predicted octanol–water partition coefficient (Wildman–Crippen LogP) is 2.51. The Bertz CT molecular complexity index is 608. The van der Waals surface area contributed by atoms with Crippen molar-refractivity contribution in [3.05, 3.63) is 29.6 Å². The molecule has 1 aliphatic heterocycles. The number of piperazine rings is 1. The second kappa shape index (κ2) is 9.95. The molecule has 1 heterocycles. The van der Waals surface area contributed by atoms with E-state index in [1.165, 1.54) is 12.1 Å². The Balaban J connectivity index is 0.00000208. The summed E-state index contributed by atoms with van der Waals surface area (Å²) < 4.78 is 13.8. The number of benzene rings is 1. The number of nitrogens with two attached hydrogens (primary N) is 1. The molecule has 2 fully saturated rings. The Morgan fingerprint density at radius 3 is 2.31 bits per heavy atom. The monoisotopic (exact) mass is 428 g/mol. The quantitative estimate of drug-likeness (QED) is 0.772. The van der Waals surface area contributed by atoms with Crippen molar-refractivity contribution in [1.29, 1.82) is 0 Å². The number of halogens is 4. The van der Waals surface area contributed by atoms with Crippen molar-refractivity contribution in [1.82, 2.24) is 10.2 Å². The Hall–Kier alpha value is -0.790. The number of nitrogens with zero attached hydrogens (tertiary/aromatic N) is 2. The van der Waals surface area contributed by atoms with Gasteiger partial charge in [-0.3, -0.25) is 4.79 Å². The van der Waals surface area contributed by atoms with E-state index >= 15 is 0 Å². The van der Waals surface area contributed by atoms with Gasteiger partial charge in [0.25, 0.3) is 0 Å². The molecule has 150 valence electrons. The van der Waals surface area contributed by atoms with Gasteiger partial charge < -0.3 is 20.9 Å². The maximum absolute atomic E-state index is 13.8. The van der Waals surface area contributed by atoms with Gasteiger partial charge in [-0.25, -0.2) is 4.39 Å². The normalized spacial score (nSPS) is 19.3. The number of amides is 1. The number of hydrogen-bond acceptors (Lipinski definition) is 4. The van der Waals surface area contributed by atoms with Crippen molar-refractivity contribution >= 4 is 48.8 Å². The molecule has 9 heteroatoms. The number of carbonyl (C=O) groups is 1. The fourth-order valence-electron chi connectivity index (χ4n) is 2.99. The molecule has 0 aromatic heterocycles. The Labute approximate surface area is 173 Å². The first-order valence-corrected chi connectivity index (χ1v) is 8.22. The van der Waals surface area contributed by atoms with E-state index in [0.717, 1.165) is 50.3 Å². The van der Waals surface area contributed by atoms with E-state index < -0.39 is 5.54 Å². The summed E-state index contributed by atoms with van der Waals surface area (Å²) in [4.78, 5) is 16.7. The van der Waals surface area contributed by atoms with Crippen molar-refractivity contribution in [2.75, 3.05) is 38.1 Å². The van der Waals surface area contributed by atoms with Gasteiger partial charge in [0.2, 0.25) is 5.91 Å². The number of nitrogens with one attached hydrogen (secondary N) is 1. The number of rotatable bonds is 4. The summed E-state index contributed by atoms with van der Waals surface area (Å²) in [5, 5.41) is 2.95. The van der Waals surface area contributed by atoms with Crippen LogP contribution in [0.1, 0.15) is 31.4 Å². The Kier molecular flexibility index (Phi) is 9.64. The van der Waals surface area contributed by atoms with Crippen LogP contribution in [0.5, 0.6) is 0 Å². The van der Waals surface area contributed by atoms with Gasteiger partial charge in [-0.1, -0.05) is 0 Å². The summed E-state index contributed by atoms with van der Waals surface area (Å²) in [6, 6.07) is 4.55. The molecule has 26 heavy (non-hydrogen) atoms. The first-order chi connectivity index (χ1) is 10.9. The van der Waals surface area contributed by atoms with Gasteiger partial charge in [-0.15, -0.1) is 37.2 Å². The molecule has 1 aromatic rings. The summed E-state index contributed by atoms with van der Waals surface area (Å²) >= 11 is 0. The van der Waals surface area contributed by atoms with Crippen LogP contribution in [-0.2, 0) is 4.79 Å². The zero-order chi connectivity index (χ0) is 16.6. The van der Waals surface area contributed by atoms with Gasteiger partial charge in [0.15, 0.2) is 0 Å². The van der Waals surface area contributed by atoms with Crippen LogP contribution in [0, 0.1) is 5.82 Å². The van der Waals surface area contributed by atoms with E-state index in [4.69, 9.17) is 5.73 Å². The van der Waals surface area contributed by atoms with Crippen LogP contribution >= 0.6 is 37.2 Å². The first kappa shape index (κ1) is 25.2. The lowest BCUT2D eigenvalue weighted by atomic mass is 10.0. The summed E-state index contributed by atoms with van der Waals surface area (Å²) in [5.74, 6) is -0.425. The number of anilines is 1. The molecule has 0 radical (unpaired) electrons. The average Bonchev–Trinajstić information content (AvgIpc) is 3.27. The molecule has 3 N–H and O–H groups in total. The molecule has 0 bridgehead atoms. The summed E-state index contributed by atoms with van der Waals surface area (Å²) in [7, 11) is 2.10. The lowest BCUT2D eigenvalue weighted by Crippen LogP contribution is -2.46. The summed E-state index contributed by atoms with van der Waals surface area (Å²) in [6.07, 6.45) is 1.44. The van der Waals surface area contributed by atoms with Crippen LogP contribution in [-0.4, -0.2) is 49.6 Å². The largest absolute Gasteiger partial charge is 0.369 e. The molecule has 3 rings (SSSR count).